The van der Waals surface area contributed by atoms with E-state index in [1.54, 1.807) is 0 Å². The van der Waals surface area contributed by atoms with E-state index in [1.165, 1.54) is 0 Å². The number of anilines is 1. The minimum absolute atomic E-state index is 0.113. The third-order valence-electron chi connectivity index (χ3n) is 4.25. The summed E-state index contributed by atoms with van der Waals surface area (Å²) in [5, 5.41) is 6.92. The van der Waals surface area contributed by atoms with Crippen molar-refractivity contribution in [3.8, 4) is 17.1 Å². The molecule has 2 aromatic heterocycles. The zero-order chi connectivity index (χ0) is 20.1. The van der Waals surface area contributed by atoms with Crippen LogP contribution in [0.15, 0.2) is 34.9 Å². The standard InChI is InChI=1S/C21H24N4O3/c1-5-27-17-8-6-16(7-9-17)21-24-19(28-25-21)11-10-18(26)23-20-13(2)12-14(3)22-15(20)4/h6-9,12H,5,10-11H2,1-4H3,(H,23,26). The fraction of sp³-hybridized carbons (Fsp3) is 0.333. The van der Waals surface area contributed by atoms with Crippen molar-refractivity contribution in [1.29, 1.82) is 0 Å². The maximum Gasteiger partial charge on any atom is 0.227 e. The summed E-state index contributed by atoms with van der Waals surface area (Å²) in [6.45, 7) is 8.33. The van der Waals surface area contributed by atoms with E-state index >= 15 is 0 Å². The predicted octanol–water partition coefficient (Wildman–Crippen LogP) is 4.03. The lowest BCUT2D eigenvalue weighted by Gasteiger charge is -2.11. The van der Waals surface area contributed by atoms with Crippen LogP contribution in [-0.2, 0) is 11.2 Å². The van der Waals surface area contributed by atoms with Gasteiger partial charge in [-0.15, -0.1) is 0 Å². The van der Waals surface area contributed by atoms with Crippen LogP contribution in [0.4, 0.5) is 5.69 Å². The number of aryl methyl sites for hydroxylation is 4. The molecule has 1 amide bonds. The first-order chi connectivity index (χ1) is 13.5. The number of hydrogen-bond donors (Lipinski definition) is 1. The maximum atomic E-state index is 12.3. The monoisotopic (exact) mass is 380 g/mol. The largest absolute Gasteiger partial charge is 0.494 e. The number of nitrogens with zero attached hydrogens (tertiary/aromatic N) is 3. The molecule has 0 atom stereocenters. The van der Waals surface area contributed by atoms with Gasteiger partial charge < -0.3 is 14.6 Å². The first-order valence-electron chi connectivity index (χ1n) is 9.26. The van der Waals surface area contributed by atoms with Gasteiger partial charge in [0.25, 0.3) is 0 Å². The van der Waals surface area contributed by atoms with Gasteiger partial charge in [0, 0.05) is 24.1 Å². The van der Waals surface area contributed by atoms with Gasteiger partial charge in [0.05, 0.1) is 18.0 Å². The molecule has 0 spiro atoms. The topological polar surface area (TPSA) is 90.1 Å². The third-order valence-corrected chi connectivity index (χ3v) is 4.25. The lowest BCUT2D eigenvalue weighted by Crippen LogP contribution is -2.15. The highest BCUT2D eigenvalue weighted by molar-refractivity contribution is 5.92. The van der Waals surface area contributed by atoms with E-state index in [9.17, 15) is 4.79 Å². The average Bonchev–Trinajstić information content (AvgIpc) is 3.13. The number of carbonyl (C=O) groups excluding carboxylic acids is 1. The molecule has 7 heteroatoms. The molecule has 1 N–H and O–H groups in total. The molecule has 2 heterocycles. The molecular weight excluding hydrogens is 356 g/mol. The maximum absolute atomic E-state index is 12.3. The Labute approximate surface area is 164 Å². The van der Waals surface area contributed by atoms with Crippen LogP contribution in [0.3, 0.4) is 0 Å². The fourth-order valence-electron chi connectivity index (χ4n) is 2.98. The van der Waals surface area contributed by atoms with Crippen molar-refractivity contribution in [2.24, 2.45) is 0 Å². The van der Waals surface area contributed by atoms with Gasteiger partial charge >= 0.3 is 0 Å². The van der Waals surface area contributed by atoms with Crippen molar-refractivity contribution >= 4 is 11.6 Å². The molecule has 0 aliphatic heterocycles. The fourth-order valence-corrected chi connectivity index (χ4v) is 2.98. The van der Waals surface area contributed by atoms with Gasteiger partial charge in [-0.2, -0.15) is 4.98 Å². The molecule has 0 saturated carbocycles. The van der Waals surface area contributed by atoms with Gasteiger partial charge in [-0.25, -0.2) is 0 Å². The van der Waals surface area contributed by atoms with Gasteiger partial charge in [-0.1, -0.05) is 5.16 Å². The number of carbonyl (C=O) groups is 1. The number of benzene rings is 1. The van der Waals surface area contributed by atoms with Crippen LogP contribution < -0.4 is 10.1 Å². The molecule has 7 nitrogen and oxygen atoms in total. The van der Waals surface area contributed by atoms with Crippen LogP contribution in [-0.4, -0.2) is 27.6 Å². The molecule has 3 aromatic rings. The molecule has 0 fully saturated rings. The van der Waals surface area contributed by atoms with Crippen molar-refractivity contribution in [1.82, 2.24) is 15.1 Å². The molecule has 28 heavy (non-hydrogen) atoms. The molecule has 3 rings (SSSR count). The Bertz CT molecular complexity index is 941. The quantitative estimate of drug-likeness (QED) is 0.666. The number of rotatable bonds is 7. The summed E-state index contributed by atoms with van der Waals surface area (Å²) in [6.07, 6.45) is 0.616. The Balaban J connectivity index is 1.59. The highest BCUT2D eigenvalue weighted by Gasteiger charge is 2.13. The molecule has 0 saturated heterocycles. The molecule has 0 radical (unpaired) electrons. The number of pyridine rings is 1. The van der Waals surface area contributed by atoms with Crippen LogP contribution in [0.2, 0.25) is 0 Å². The van der Waals surface area contributed by atoms with Gasteiger partial charge in [-0.3, -0.25) is 9.78 Å². The molecule has 0 aliphatic carbocycles. The average molecular weight is 380 g/mol. The summed E-state index contributed by atoms with van der Waals surface area (Å²) < 4.78 is 10.7. The van der Waals surface area contributed by atoms with Crippen LogP contribution in [0.5, 0.6) is 5.75 Å². The number of hydrogen-bond acceptors (Lipinski definition) is 6. The summed E-state index contributed by atoms with van der Waals surface area (Å²) in [5.74, 6) is 1.60. The summed E-state index contributed by atoms with van der Waals surface area (Å²) in [7, 11) is 0. The summed E-state index contributed by atoms with van der Waals surface area (Å²) in [6, 6.07) is 9.43. The van der Waals surface area contributed by atoms with E-state index < -0.39 is 0 Å². The Hall–Kier alpha value is -3.22. The van der Waals surface area contributed by atoms with Crippen molar-refractivity contribution < 1.29 is 14.1 Å². The molecular formula is C21H24N4O3. The second kappa shape index (κ2) is 8.65. The van der Waals surface area contributed by atoms with Gasteiger partial charge in [0.15, 0.2) is 0 Å². The lowest BCUT2D eigenvalue weighted by atomic mass is 10.1. The minimum Gasteiger partial charge on any atom is -0.494 e. The van der Waals surface area contributed by atoms with Gasteiger partial charge in [-0.05, 0) is 63.6 Å². The van der Waals surface area contributed by atoms with Crippen molar-refractivity contribution in [3.63, 3.8) is 0 Å². The molecule has 0 aliphatic rings. The summed E-state index contributed by atoms with van der Waals surface area (Å²) >= 11 is 0. The van der Waals surface area contributed by atoms with Crippen molar-refractivity contribution in [3.05, 3.63) is 53.2 Å². The normalized spacial score (nSPS) is 10.7. The zero-order valence-electron chi connectivity index (χ0n) is 16.6. The molecule has 1 aromatic carbocycles. The Morgan fingerprint density at radius 2 is 1.89 bits per heavy atom. The van der Waals surface area contributed by atoms with E-state index in [4.69, 9.17) is 9.26 Å². The zero-order valence-corrected chi connectivity index (χ0v) is 16.6. The van der Waals surface area contributed by atoms with Crippen LogP contribution in [0.25, 0.3) is 11.4 Å². The number of nitrogens with one attached hydrogen (secondary N) is 1. The number of amides is 1. The highest BCUT2D eigenvalue weighted by Crippen LogP contribution is 2.21. The van der Waals surface area contributed by atoms with E-state index in [-0.39, 0.29) is 12.3 Å². The van der Waals surface area contributed by atoms with Crippen molar-refractivity contribution in [2.45, 2.75) is 40.5 Å². The second-order valence-electron chi connectivity index (χ2n) is 6.56. The SMILES string of the molecule is CCOc1ccc(-c2noc(CCC(=O)Nc3c(C)cc(C)nc3C)n2)cc1. The summed E-state index contributed by atoms with van der Waals surface area (Å²) in [5.41, 5.74) is 4.33. The van der Waals surface area contributed by atoms with Crippen LogP contribution >= 0.6 is 0 Å². The van der Waals surface area contributed by atoms with Gasteiger partial charge in [0.2, 0.25) is 17.6 Å². The second-order valence-corrected chi connectivity index (χ2v) is 6.56. The third kappa shape index (κ3) is 4.73. The van der Waals surface area contributed by atoms with E-state index in [2.05, 4.69) is 20.4 Å². The smallest absolute Gasteiger partial charge is 0.227 e. The highest BCUT2D eigenvalue weighted by atomic mass is 16.5. The number of ether oxygens (including phenoxy) is 1. The first-order valence-corrected chi connectivity index (χ1v) is 9.26. The molecule has 0 unspecified atom stereocenters. The van der Waals surface area contributed by atoms with E-state index in [0.29, 0.717) is 24.7 Å². The number of aromatic nitrogens is 3. The predicted molar refractivity (Wildman–Crippen MR) is 106 cm³/mol. The first kappa shape index (κ1) is 19.5. The lowest BCUT2D eigenvalue weighted by molar-refractivity contribution is -0.116. The summed E-state index contributed by atoms with van der Waals surface area (Å²) in [4.78, 5) is 21.1. The van der Waals surface area contributed by atoms with Crippen LogP contribution in [0, 0.1) is 20.8 Å². The molecule has 0 bridgehead atoms. The molecule has 146 valence electrons. The Kier molecular flexibility index (Phi) is 6.03. The minimum atomic E-state index is -0.113. The Morgan fingerprint density at radius 1 is 1.14 bits per heavy atom. The van der Waals surface area contributed by atoms with Crippen molar-refractivity contribution in [2.75, 3.05) is 11.9 Å². The van der Waals surface area contributed by atoms with Gasteiger partial charge in [0.1, 0.15) is 5.75 Å². The van der Waals surface area contributed by atoms with Crippen LogP contribution in [0.1, 0.15) is 36.2 Å². The van der Waals surface area contributed by atoms with E-state index in [1.807, 2.05) is 58.0 Å². The van der Waals surface area contributed by atoms with E-state index in [0.717, 1.165) is 34.0 Å². The Morgan fingerprint density at radius 3 is 2.57 bits per heavy atom.